The van der Waals surface area contributed by atoms with Crippen molar-refractivity contribution in [1.82, 2.24) is 4.90 Å². The number of piperidine rings is 1. The smallest absolute Gasteiger partial charge is 0.115 e. The van der Waals surface area contributed by atoms with Crippen molar-refractivity contribution in [2.75, 3.05) is 26.7 Å². The number of likely N-dealkylation sites (tertiary alicyclic amines) is 1. The van der Waals surface area contributed by atoms with E-state index in [2.05, 4.69) is 17.0 Å². The molecule has 1 aromatic carbocycles. The molecule has 0 spiro atoms. The number of hydrogen-bond donors (Lipinski definition) is 1. The van der Waals surface area contributed by atoms with Crippen molar-refractivity contribution in [3.8, 4) is 5.75 Å². The number of phenols is 1. The Morgan fingerprint density at radius 1 is 1.09 bits per heavy atom. The number of fused-ring (bicyclic) bond motifs is 2. The van der Waals surface area contributed by atoms with Crippen molar-refractivity contribution < 1.29 is 9.84 Å². The van der Waals surface area contributed by atoms with E-state index >= 15 is 0 Å². The number of phenolic OH excluding ortho intramolecular Hbond substituents is 1. The highest BCUT2D eigenvalue weighted by atomic mass is 16.5. The zero-order chi connectivity index (χ0) is 15.2. The van der Waals surface area contributed by atoms with Crippen LogP contribution in [-0.4, -0.2) is 36.8 Å². The van der Waals surface area contributed by atoms with Gasteiger partial charge in [0.1, 0.15) is 11.4 Å². The molecule has 1 heterocycles. The highest BCUT2D eigenvalue weighted by Crippen LogP contribution is 2.52. The van der Waals surface area contributed by atoms with Gasteiger partial charge < -0.3 is 14.7 Å². The van der Waals surface area contributed by atoms with Gasteiger partial charge in [0.15, 0.2) is 0 Å². The summed E-state index contributed by atoms with van der Waals surface area (Å²) in [5.74, 6) is 2.46. The Bertz CT molecular complexity index is 509. The second kappa shape index (κ2) is 5.54. The molecule has 4 rings (SSSR count). The largest absolute Gasteiger partial charge is 0.508 e. The fourth-order valence-electron chi connectivity index (χ4n) is 4.98. The summed E-state index contributed by atoms with van der Waals surface area (Å²) < 4.78 is 6.23. The predicted molar refractivity (Wildman–Crippen MR) is 86.8 cm³/mol. The van der Waals surface area contributed by atoms with Gasteiger partial charge >= 0.3 is 0 Å². The summed E-state index contributed by atoms with van der Waals surface area (Å²) in [5.41, 5.74) is 1.11. The molecule has 3 atom stereocenters. The lowest BCUT2D eigenvalue weighted by Gasteiger charge is -2.55. The van der Waals surface area contributed by atoms with Gasteiger partial charge in [-0.25, -0.2) is 0 Å². The highest BCUT2D eigenvalue weighted by molar-refractivity contribution is 5.32. The van der Waals surface area contributed by atoms with Gasteiger partial charge in [0.25, 0.3) is 0 Å². The minimum absolute atomic E-state index is 0.147. The Hall–Kier alpha value is -1.06. The van der Waals surface area contributed by atoms with E-state index in [1.165, 1.54) is 57.3 Å². The quantitative estimate of drug-likeness (QED) is 0.925. The van der Waals surface area contributed by atoms with Crippen molar-refractivity contribution in [3.63, 3.8) is 0 Å². The molecule has 1 saturated heterocycles. The van der Waals surface area contributed by atoms with Crippen LogP contribution in [0.5, 0.6) is 5.75 Å². The van der Waals surface area contributed by atoms with Crippen molar-refractivity contribution in [2.24, 2.45) is 17.8 Å². The maximum atomic E-state index is 9.61. The first kappa shape index (κ1) is 14.5. The van der Waals surface area contributed by atoms with E-state index in [0.29, 0.717) is 17.6 Å². The van der Waals surface area contributed by atoms with Crippen LogP contribution in [0.3, 0.4) is 0 Å². The molecule has 3 heteroatoms. The maximum absolute atomic E-state index is 9.61. The number of hydrogen-bond acceptors (Lipinski definition) is 3. The molecule has 2 aliphatic carbocycles. The van der Waals surface area contributed by atoms with Gasteiger partial charge in [-0.1, -0.05) is 18.6 Å². The molecule has 1 unspecified atom stereocenters. The molecule has 120 valence electrons. The van der Waals surface area contributed by atoms with E-state index in [9.17, 15) is 5.11 Å². The zero-order valence-electron chi connectivity index (χ0n) is 13.5. The van der Waals surface area contributed by atoms with Crippen LogP contribution < -0.4 is 0 Å². The van der Waals surface area contributed by atoms with Crippen LogP contribution in [-0.2, 0) is 10.3 Å². The summed E-state index contributed by atoms with van der Waals surface area (Å²) in [7, 11) is 1.88. The highest BCUT2D eigenvalue weighted by Gasteiger charge is 2.53. The van der Waals surface area contributed by atoms with Gasteiger partial charge in [-0.2, -0.15) is 0 Å². The zero-order valence-corrected chi connectivity index (χ0v) is 13.5. The average Bonchev–Trinajstić information content (AvgIpc) is 3.31. The molecule has 0 amide bonds. The van der Waals surface area contributed by atoms with Crippen LogP contribution in [0, 0.1) is 17.8 Å². The second-order valence-electron chi connectivity index (χ2n) is 7.53. The van der Waals surface area contributed by atoms with E-state index in [0.717, 1.165) is 5.92 Å². The van der Waals surface area contributed by atoms with E-state index in [1.54, 1.807) is 0 Å². The van der Waals surface area contributed by atoms with Gasteiger partial charge in [0.05, 0.1) is 0 Å². The normalized spacial score (nSPS) is 35.5. The summed E-state index contributed by atoms with van der Waals surface area (Å²) in [6.07, 6.45) is 6.70. The maximum Gasteiger partial charge on any atom is 0.115 e. The molecule has 2 bridgehead atoms. The minimum Gasteiger partial charge on any atom is -0.508 e. The number of aromatic hydroxyl groups is 1. The van der Waals surface area contributed by atoms with Crippen LogP contribution in [0.2, 0.25) is 0 Å². The monoisotopic (exact) mass is 301 g/mol. The van der Waals surface area contributed by atoms with Gasteiger partial charge in [-0.15, -0.1) is 0 Å². The van der Waals surface area contributed by atoms with Crippen molar-refractivity contribution in [2.45, 2.75) is 37.7 Å². The van der Waals surface area contributed by atoms with Gasteiger partial charge in [0.2, 0.25) is 0 Å². The average molecular weight is 301 g/mol. The number of nitrogens with zero attached hydrogens (tertiary/aromatic N) is 1. The van der Waals surface area contributed by atoms with Crippen molar-refractivity contribution >= 4 is 0 Å². The molecule has 0 aromatic heterocycles. The van der Waals surface area contributed by atoms with E-state index < -0.39 is 0 Å². The van der Waals surface area contributed by atoms with Crippen LogP contribution in [0.4, 0.5) is 0 Å². The molecule has 1 aromatic rings. The number of rotatable bonds is 4. The molecule has 3 fully saturated rings. The lowest BCUT2D eigenvalue weighted by molar-refractivity contribution is -0.169. The lowest BCUT2D eigenvalue weighted by Crippen LogP contribution is -2.59. The van der Waals surface area contributed by atoms with Crippen LogP contribution in [0.15, 0.2) is 24.3 Å². The molecule has 3 nitrogen and oxygen atoms in total. The van der Waals surface area contributed by atoms with Crippen LogP contribution >= 0.6 is 0 Å². The van der Waals surface area contributed by atoms with Crippen molar-refractivity contribution in [1.29, 1.82) is 0 Å². The van der Waals surface area contributed by atoms with E-state index in [-0.39, 0.29) is 5.60 Å². The Balaban J connectivity index is 1.64. The topological polar surface area (TPSA) is 32.7 Å². The Morgan fingerprint density at radius 2 is 1.73 bits per heavy atom. The number of methoxy groups -OCH3 is 1. The van der Waals surface area contributed by atoms with Gasteiger partial charge in [-0.05, 0) is 49.3 Å². The third-order valence-corrected chi connectivity index (χ3v) is 6.14. The number of benzene rings is 1. The molecular formula is C19H27NO2. The fourth-order valence-corrected chi connectivity index (χ4v) is 4.98. The van der Waals surface area contributed by atoms with Crippen molar-refractivity contribution in [3.05, 3.63) is 29.8 Å². The first-order valence-corrected chi connectivity index (χ1v) is 8.79. The van der Waals surface area contributed by atoms with Crippen LogP contribution in [0.1, 0.15) is 37.7 Å². The molecule has 2 saturated carbocycles. The van der Waals surface area contributed by atoms with Gasteiger partial charge in [0, 0.05) is 38.6 Å². The van der Waals surface area contributed by atoms with E-state index in [1.807, 2.05) is 19.2 Å². The second-order valence-corrected chi connectivity index (χ2v) is 7.53. The first-order valence-electron chi connectivity index (χ1n) is 8.79. The standard InChI is InChI=1S/C19H27NO2/c1-22-19(15-7-9-18(21)10-8-15)16-3-2-4-17(19)13-20(12-16)11-14-5-6-14/h7-10,14,16-17,21H,2-6,11-13H2,1H3/t16-,17+,19?. The molecular weight excluding hydrogens is 274 g/mol. The molecule has 1 aliphatic heterocycles. The first-order chi connectivity index (χ1) is 10.7. The fraction of sp³-hybridized carbons (Fsp3) is 0.684. The Labute approximate surface area is 133 Å². The lowest BCUT2D eigenvalue weighted by atomic mass is 9.62. The van der Waals surface area contributed by atoms with Crippen LogP contribution in [0.25, 0.3) is 0 Å². The summed E-state index contributed by atoms with van der Waals surface area (Å²) in [5, 5.41) is 9.61. The minimum atomic E-state index is -0.147. The Morgan fingerprint density at radius 3 is 2.27 bits per heavy atom. The third kappa shape index (κ3) is 2.35. The molecule has 3 aliphatic rings. The molecule has 22 heavy (non-hydrogen) atoms. The Kier molecular flexibility index (Phi) is 3.66. The molecule has 1 N–H and O–H groups in total. The predicted octanol–water partition coefficient (Wildman–Crippen LogP) is 3.38. The SMILES string of the molecule is COC1(c2ccc(O)cc2)[C@@H]2CCC[C@H]1CN(CC1CC1)C2. The summed E-state index contributed by atoms with van der Waals surface area (Å²) in [6.45, 7) is 3.63. The third-order valence-electron chi connectivity index (χ3n) is 6.14. The number of ether oxygens (including phenoxy) is 1. The summed E-state index contributed by atoms with van der Waals surface area (Å²) in [6, 6.07) is 7.76. The van der Waals surface area contributed by atoms with Gasteiger partial charge in [-0.3, -0.25) is 0 Å². The summed E-state index contributed by atoms with van der Waals surface area (Å²) in [4.78, 5) is 2.70. The summed E-state index contributed by atoms with van der Waals surface area (Å²) >= 11 is 0. The van der Waals surface area contributed by atoms with E-state index in [4.69, 9.17) is 4.74 Å². The molecule has 0 radical (unpaired) electrons.